The first-order valence-electron chi connectivity index (χ1n) is 6.29. The van der Waals surface area contributed by atoms with E-state index < -0.39 is 0 Å². The van der Waals surface area contributed by atoms with Crippen molar-refractivity contribution < 1.29 is 10.0 Å². The quantitative estimate of drug-likeness (QED) is 0.468. The van der Waals surface area contributed by atoms with E-state index in [1.54, 1.807) is 0 Å². The maximum Gasteiger partial charge on any atom is 0.254 e. The number of likely N-dealkylation sites (tertiary alicyclic amines) is 1. The summed E-state index contributed by atoms with van der Waals surface area (Å²) in [6.07, 6.45) is 0.645. The van der Waals surface area contributed by atoms with E-state index >= 15 is 0 Å². The third-order valence-electron chi connectivity index (χ3n) is 3.54. The summed E-state index contributed by atoms with van der Waals surface area (Å²) in [6, 6.07) is 5.80. The van der Waals surface area contributed by atoms with Crippen molar-refractivity contribution in [2.24, 2.45) is 11.1 Å². The zero-order chi connectivity index (χ0) is 14.0. The molecule has 4 nitrogen and oxygen atoms in total. The van der Waals surface area contributed by atoms with Crippen LogP contribution in [-0.2, 0) is 0 Å². The summed E-state index contributed by atoms with van der Waals surface area (Å²) in [7, 11) is 0. The molecule has 0 radical (unpaired) electrons. The van der Waals surface area contributed by atoms with Crippen molar-refractivity contribution in [3.8, 4) is 0 Å². The lowest BCUT2D eigenvalue weighted by atomic mass is 9.97. The van der Waals surface area contributed by atoms with Crippen molar-refractivity contribution in [3.05, 3.63) is 32.9 Å². The first-order chi connectivity index (χ1) is 9.04. The van der Waals surface area contributed by atoms with Crippen LogP contribution in [0.2, 0.25) is 0 Å². The van der Waals surface area contributed by atoms with Gasteiger partial charge in [-0.05, 0) is 41.1 Å². The van der Waals surface area contributed by atoms with Gasteiger partial charge < -0.3 is 10.1 Å². The zero-order valence-corrected chi connectivity index (χ0v) is 13.2. The van der Waals surface area contributed by atoms with E-state index in [1.807, 2.05) is 36.9 Å². The third-order valence-corrected chi connectivity index (χ3v) is 4.97. The first kappa shape index (κ1) is 14.3. The minimum Gasteiger partial charge on any atom is -0.411 e. The molecule has 1 atom stereocenters. The van der Waals surface area contributed by atoms with Gasteiger partial charge in [0.1, 0.15) is 0 Å². The summed E-state index contributed by atoms with van der Waals surface area (Å²) in [5.41, 5.74) is 2.66. The van der Waals surface area contributed by atoms with E-state index in [1.165, 1.54) is 0 Å². The minimum absolute atomic E-state index is 0.0666. The predicted molar refractivity (Wildman–Crippen MR) is 82.8 cm³/mol. The van der Waals surface area contributed by atoms with Gasteiger partial charge >= 0.3 is 0 Å². The van der Waals surface area contributed by atoms with Crippen LogP contribution < -0.4 is 0 Å². The van der Waals surface area contributed by atoms with E-state index in [9.17, 15) is 4.79 Å². The largest absolute Gasteiger partial charge is 0.411 e. The molecule has 1 aromatic carbocycles. The highest BCUT2D eigenvalue weighted by Crippen LogP contribution is 2.21. The number of benzene rings is 1. The summed E-state index contributed by atoms with van der Waals surface area (Å²) < 4.78 is 1.01. The molecule has 1 amide bonds. The molecule has 0 spiro atoms. The van der Waals surface area contributed by atoms with Gasteiger partial charge in [-0.25, -0.2) is 0 Å². The predicted octanol–water partition coefficient (Wildman–Crippen LogP) is 2.91. The molecule has 102 valence electrons. The van der Waals surface area contributed by atoms with Gasteiger partial charge in [0.05, 0.1) is 11.3 Å². The molecule has 1 aliphatic heterocycles. The van der Waals surface area contributed by atoms with Gasteiger partial charge in [-0.15, -0.1) is 0 Å². The van der Waals surface area contributed by atoms with Gasteiger partial charge in [0.25, 0.3) is 5.91 Å². The van der Waals surface area contributed by atoms with Crippen molar-refractivity contribution >= 4 is 34.2 Å². The van der Waals surface area contributed by atoms with E-state index in [0.29, 0.717) is 19.5 Å². The fourth-order valence-corrected chi connectivity index (χ4v) is 2.93. The van der Waals surface area contributed by atoms with Crippen LogP contribution in [0.5, 0.6) is 0 Å². The highest BCUT2D eigenvalue weighted by atomic mass is 127. The average molecular weight is 372 g/mol. The molecule has 1 N–H and O–H groups in total. The van der Waals surface area contributed by atoms with Crippen molar-refractivity contribution in [1.29, 1.82) is 0 Å². The van der Waals surface area contributed by atoms with Crippen LogP contribution in [0.25, 0.3) is 0 Å². The number of hydrogen-bond donors (Lipinski definition) is 1. The number of rotatable bonds is 1. The molecule has 0 aliphatic carbocycles. The Morgan fingerprint density at radius 1 is 1.53 bits per heavy atom. The van der Waals surface area contributed by atoms with Crippen LogP contribution in [0.15, 0.2) is 23.4 Å². The number of carbonyl (C=O) groups excluding carboxylic acids is 1. The average Bonchev–Trinajstić information content (AvgIpc) is 2.41. The molecule has 19 heavy (non-hydrogen) atoms. The van der Waals surface area contributed by atoms with E-state index in [-0.39, 0.29) is 11.8 Å². The Kier molecular flexibility index (Phi) is 4.44. The molecule has 0 saturated carbocycles. The maximum atomic E-state index is 12.5. The fraction of sp³-hybridized carbons (Fsp3) is 0.429. The van der Waals surface area contributed by atoms with Crippen LogP contribution in [0.4, 0.5) is 0 Å². The van der Waals surface area contributed by atoms with Crippen LogP contribution in [-0.4, -0.2) is 34.8 Å². The number of piperidine rings is 1. The van der Waals surface area contributed by atoms with Crippen molar-refractivity contribution in [1.82, 2.24) is 4.90 Å². The van der Waals surface area contributed by atoms with Gasteiger partial charge in [-0.3, -0.25) is 4.79 Å². The van der Waals surface area contributed by atoms with Crippen molar-refractivity contribution in [3.63, 3.8) is 0 Å². The summed E-state index contributed by atoms with van der Waals surface area (Å²) in [4.78, 5) is 14.4. The fourth-order valence-electron chi connectivity index (χ4n) is 2.34. The maximum absolute atomic E-state index is 12.5. The molecule has 1 aliphatic rings. The molecular weight excluding hydrogens is 355 g/mol. The molecule has 1 fully saturated rings. The van der Waals surface area contributed by atoms with Crippen LogP contribution in [0, 0.1) is 16.4 Å². The van der Waals surface area contributed by atoms with Crippen molar-refractivity contribution in [2.75, 3.05) is 13.1 Å². The lowest BCUT2D eigenvalue weighted by molar-refractivity contribution is 0.0733. The standard InChI is InChI=1S/C14H17IN2O2/c1-9-4-3-5-11(13(9)15)14(18)17-7-6-12(16-19)10(2)8-17/h3-5,10,19H,6-8H2,1-2H3/b16-12+. The summed E-state index contributed by atoms with van der Waals surface area (Å²) in [5, 5.41) is 12.2. The highest BCUT2D eigenvalue weighted by molar-refractivity contribution is 14.1. The molecule has 1 heterocycles. The summed E-state index contributed by atoms with van der Waals surface area (Å²) in [5.74, 6) is 0.183. The number of oxime groups is 1. The number of aryl methyl sites for hydroxylation is 1. The van der Waals surface area contributed by atoms with Crippen LogP contribution in [0.1, 0.15) is 29.3 Å². The van der Waals surface area contributed by atoms with E-state index in [2.05, 4.69) is 27.7 Å². The van der Waals surface area contributed by atoms with E-state index in [0.717, 1.165) is 20.4 Å². The second-order valence-electron chi connectivity index (χ2n) is 4.93. The monoisotopic (exact) mass is 372 g/mol. The zero-order valence-electron chi connectivity index (χ0n) is 11.1. The summed E-state index contributed by atoms with van der Waals surface area (Å²) in [6.45, 7) is 5.22. The SMILES string of the molecule is Cc1cccc(C(=O)N2CC/C(=N\O)C(C)C2)c1I. The Labute approximate surface area is 126 Å². The molecule has 2 rings (SSSR count). The Morgan fingerprint density at radius 2 is 2.26 bits per heavy atom. The van der Waals surface area contributed by atoms with Gasteiger partial charge in [-0.1, -0.05) is 24.2 Å². The third kappa shape index (κ3) is 2.91. The molecule has 1 aromatic rings. The molecule has 1 unspecified atom stereocenters. The molecule has 0 aromatic heterocycles. The molecule has 1 saturated heterocycles. The normalized spacial score (nSPS) is 21.7. The minimum atomic E-state index is 0.0666. The Bertz CT molecular complexity index is 528. The first-order valence-corrected chi connectivity index (χ1v) is 7.37. The number of hydrogen-bond acceptors (Lipinski definition) is 3. The number of nitrogens with zero attached hydrogens (tertiary/aromatic N) is 2. The van der Waals surface area contributed by atoms with Crippen molar-refractivity contribution in [2.45, 2.75) is 20.3 Å². The molecule has 0 bridgehead atoms. The highest BCUT2D eigenvalue weighted by Gasteiger charge is 2.27. The van der Waals surface area contributed by atoms with Gasteiger partial charge in [-0.2, -0.15) is 0 Å². The Balaban J connectivity index is 2.19. The van der Waals surface area contributed by atoms with Gasteiger partial charge in [0.15, 0.2) is 0 Å². The van der Waals surface area contributed by atoms with Gasteiger partial charge in [0.2, 0.25) is 0 Å². The number of carbonyl (C=O) groups is 1. The Morgan fingerprint density at radius 3 is 2.89 bits per heavy atom. The van der Waals surface area contributed by atoms with Crippen LogP contribution >= 0.6 is 22.6 Å². The number of halogens is 1. The smallest absolute Gasteiger partial charge is 0.254 e. The van der Waals surface area contributed by atoms with Crippen LogP contribution in [0.3, 0.4) is 0 Å². The van der Waals surface area contributed by atoms with Gasteiger partial charge in [0, 0.05) is 29.0 Å². The lowest BCUT2D eigenvalue weighted by Gasteiger charge is -2.31. The second kappa shape index (κ2) is 5.90. The lowest BCUT2D eigenvalue weighted by Crippen LogP contribution is -2.43. The molecular formula is C14H17IN2O2. The Hall–Kier alpha value is -1.11. The van der Waals surface area contributed by atoms with E-state index in [4.69, 9.17) is 5.21 Å². The summed E-state index contributed by atoms with van der Waals surface area (Å²) >= 11 is 2.22. The second-order valence-corrected chi connectivity index (χ2v) is 6.01. The topological polar surface area (TPSA) is 52.9 Å². The number of amides is 1. The molecule has 5 heteroatoms.